The number of rotatable bonds is 5. The molecule has 0 aliphatic rings. The SMILES string of the molecule is CC(C)(C)NS(=O)(=O)c1ccc(C(=O)NCc2cn3ccsc3n2)o1. The number of nitrogens with zero attached hydrogens (tertiary/aromatic N) is 2. The largest absolute Gasteiger partial charge is 0.438 e. The highest BCUT2D eigenvalue weighted by Gasteiger charge is 2.26. The molecule has 0 aromatic carbocycles. The summed E-state index contributed by atoms with van der Waals surface area (Å²) in [7, 11) is -3.82. The molecule has 0 fully saturated rings. The van der Waals surface area contributed by atoms with Gasteiger partial charge in [-0.05, 0) is 32.9 Å². The van der Waals surface area contributed by atoms with Gasteiger partial charge in [0.2, 0.25) is 5.09 Å². The molecule has 8 nitrogen and oxygen atoms in total. The van der Waals surface area contributed by atoms with Crippen molar-refractivity contribution in [1.29, 1.82) is 0 Å². The van der Waals surface area contributed by atoms with Crippen LogP contribution in [0.1, 0.15) is 37.0 Å². The number of carbonyl (C=O) groups is 1. The molecule has 0 spiro atoms. The van der Waals surface area contributed by atoms with Crippen LogP contribution in [0.4, 0.5) is 0 Å². The van der Waals surface area contributed by atoms with Crippen molar-refractivity contribution in [1.82, 2.24) is 19.4 Å². The zero-order chi connectivity index (χ0) is 18.2. The first-order valence-corrected chi connectivity index (χ1v) is 9.83. The average Bonchev–Trinajstić information content (AvgIpc) is 3.17. The maximum Gasteiger partial charge on any atom is 0.287 e. The van der Waals surface area contributed by atoms with E-state index in [1.165, 1.54) is 23.5 Å². The molecule has 134 valence electrons. The summed E-state index contributed by atoms with van der Waals surface area (Å²) < 4.78 is 33.9. The lowest BCUT2D eigenvalue weighted by atomic mass is 10.1. The van der Waals surface area contributed by atoms with Gasteiger partial charge in [0.1, 0.15) is 0 Å². The second-order valence-electron chi connectivity index (χ2n) is 6.48. The van der Waals surface area contributed by atoms with Crippen molar-refractivity contribution in [2.45, 2.75) is 37.9 Å². The molecule has 0 unspecified atom stereocenters. The first-order chi connectivity index (χ1) is 11.6. The average molecular weight is 382 g/mol. The number of nitrogens with one attached hydrogen (secondary N) is 2. The monoisotopic (exact) mass is 382 g/mol. The molecule has 25 heavy (non-hydrogen) atoms. The third-order valence-corrected chi connectivity index (χ3v) is 5.48. The van der Waals surface area contributed by atoms with E-state index >= 15 is 0 Å². The third kappa shape index (κ3) is 4.09. The van der Waals surface area contributed by atoms with Gasteiger partial charge >= 0.3 is 0 Å². The fourth-order valence-electron chi connectivity index (χ4n) is 2.16. The van der Waals surface area contributed by atoms with Gasteiger partial charge < -0.3 is 9.73 Å². The molecule has 1 amide bonds. The summed E-state index contributed by atoms with van der Waals surface area (Å²) in [6.45, 7) is 5.38. The lowest BCUT2D eigenvalue weighted by molar-refractivity contribution is 0.0917. The van der Waals surface area contributed by atoms with Crippen LogP contribution in [-0.4, -0.2) is 29.2 Å². The highest BCUT2D eigenvalue weighted by atomic mass is 32.2. The smallest absolute Gasteiger partial charge is 0.287 e. The molecule has 0 saturated heterocycles. The Kier molecular flexibility index (Phi) is 4.43. The number of sulfonamides is 1. The van der Waals surface area contributed by atoms with Crippen LogP contribution in [0, 0.1) is 0 Å². The number of thiazole rings is 1. The summed E-state index contributed by atoms with van der Waals surface area (Å²) in [6.07, 6.45) is 3.70. The number of aromatic nitrogens is 2. The number of hydrogen-bond acceptors (Lipinski definition) is 6. The van der Waals surface area contributed by atoms with Crippen molar-refractivity contribution in [2.75, 3.05) is 0 Å². The molecule has 10 heteroatoms. The second-order valence-corrected chi connectivity index (χ2v) is 8.97. The van der Waals surface area contributed by atoms with E-state index in [-0.39, 0.29) is 17.4 Å². The standard InChI is InChI=1S/C15H18N4O4S2/c1-15(2,3)18-25(21,22)12-5-4-11(23-12)13(20)16-8-10-9-19-6-7-24-14(19)17-10/h4-7,9,18H,8H2,1-3H3,(H,16,20). The highest BCUT2D eigenvalue weighted by molar-refractivity contribution is 7.89. The Balaban J connectivity index is 1.67. The van der Waals surface area contributed by atoms with Crippen LogP contribution in [0.5, 0.6) is 0 Å². The maximum atomic E-state index is 12.2. The summed E-state index contributed by atoms with van der Waals surface area (Å²) >= 11 is 1.50. The quantitative estimate of drug-likeness (QED) is 0.702. The Morgan fingerprint density at radius 3 is 2.80 bits per heavy atom. The molecular formula is C15H18N4O4S2. The molecule has 3 heterocycles. The van der Waals surface area contributed by atoms with E-state index in [4.69, 9.17) is 4.42 Å². The Hall–Kier alpha value is -2.17. The number of imidazole rings is 1. The molecular weight excluding hydrogens is 364 g/mol. The van der Waals surface area contributed by atoms with Gasteiger partial charge in [-0.25, -0.2) is 18.1 Å². The first kappa shape index (κ1) is 17.6. The Morgan fingerprint density at radius 1 is 1.36 bits per heavy atom. The molecule has 0 radical (unpaired) electrons. The molecule has 2 N–H and O–H groups in total. The molecule has 3 aromatic heterocycles. The van der Waals surface area contributed by atoms with Crippen molar-refractivity contribution < 1.29 is 17.6 Å². The molecule has 0 aliphatic heterocycles. The number of furan rings is 1. The van der Waals surface area contributed by atoms with Crippen LogP contribution in [0.3, 0.4) is 0 Å². The number of fused-ring (bicyclic) bond motifs is 1. The topological polar surface area (TPSA) is 106 Å². The van der Waals surface area contributed by atoms with Crippen molar-refractivity contribution in [3.8, 4) is 0 Å². The molecule has 0 atom stereocenters. The lowest BCUT2D eigenvalue weighted by Crippen LogP contribution is -2.40. The fourth-order valence-corrected chi connectivity index (χ4v) is 4.23. The van der Waals surface area contributed by atoms with E-state index in [0.717, 1.165) is 4.96 Å². The summed E-state index contributed by atoms with van der Waals surface area (Å²) in [5.41, 5.74) is 0.0520. The van der Waals surface area contributed by atoms with Crippen LogP contribution in [-0.2, 0) is 16.6 Å². The minimum atomic E-state index is -3.82. The summed E-state index contributed by atoms with van der Waals surface area (Å²) in [6, 6.07) is 2.59. The first-order valence-electron chi connectivity index (χ1n) is 7.47. The van der Waals surface area contributed by atoms with Crippen molar-refractivity contribution >= 4 is 32.2 Å². The van der Waals surface area contributed by atoms with Gasteiger partial charge in [-0.3, -0.25) is 9.20 Å². The van der Waals surface area contributed by atoms with Gasteiger partial charge in [0, 0.05) is 23.3 Å². The maximum absolute atomic E-state index is 12.2. The van der Waals surface area contributed by atoms with Gasteiger partial charge in [-0.2, -0.15) is 0 Å². The zero-order valence-electron chi connectivity index (χ0n) is 13.9. The predicted molar refractivity (Wildman–Crippen MR) is 93.0 cm³/mol. The van der Waals surface area contributed by atoms with Crippen LogP contribution in [0.2, 0.25) is 0 Å². The van der Waals surface area contributed by atoms with E-state index in [1.807, 2.05) is 22.2 Å². The molecule has 0 bridgehead atoms. The van der Waals surface area contributed by atoms with E-state index in [2.05, 4.69) is 15.0 Å². The van der Waals surface area contributed by atoms with Gasteiger partial charge in [-0.1, -0.05) is 0 Å². The van der Waals surface area contributed by atoms with Crippen molar-refractivity contribution in [3.63, 3.8) is 0 Å². The normalized spacial score (nSPS) is 12.6. The van der Waals surface area contributed by atoms with E-state index in [1.54, 1.807) is 20.8 Å². The van der Waals surface area contributed by atoms with E-state index < -0.39 is 21.5 Å². The lowest BCUT2D eigenvalue weighted by Gasteiger charge is -2.18. The van der Waals surface area contributed by atoms with Crippen LogP contribution in [0.15, 0.2) is 39.4 Å². The molecule has 3 rings (SSSR count). The van der Waals surface area contributed by atoms with E-state index in [9.17, 15) is 13.2 Å². The third-order valence-electron chi connectivity index (χ3n) is 3.08. The summed E-state index contributed by atoms with van der Waals surface area (Å²) in [4.78, 5) is 17.3. The van der Waals surface area contributed by atoms with Gasteiger partial charge in [0.15, 0.2) is 10.7 Å². The summed E-state index contributed by atoms with van der Waals surface area (Å²) in [5.74, 6) is -0.580. The molecule has 3 aromatic rings. The van der Waals surface area contributed by atoms with Crippen molar-refractivity contribution in [2.24, 2.45) is 0 Å². The number of amides is 1. The van der Waals surface area contributed by atoms with Crippen LogP contribution < -0.4 is 10.0 Å². The van der Waals surface area contributed by atoms with Crippen LogP contribution in [0.25, 0.3) is 4.96 Å². The van der Waals surface area contributed by atoms with Gasteiger partial charge in [0.05, 0.1) is 12.2 Å². The minimum absolute atomic E-state index is 0.0738. The predicted octanol–water partition coefficient (Wildman–Crippen LogP) is 2.00. The highest BCUT2D eigenvalue weighted by Crippen LogP contribution is 2.17. The Morgan fingerprint density at radius 2 is 2.12 bits per heavy atom. The van der Waals surface area contributed by atoms with Crippen molar-refractivity contribution in [3.05, 3.63) is 41.4 Å². The fraction of sp³-hybridized carbons (Fsp3) is 0.333. The van der Waals surface area contributed by atoms with Gasteiger partial charge in [0.25, 0.3) is 15.9 Å². The Labute approximate surface area is 148 Å². The number of carbonyl (C=O) groups excluding carboxylic acids is 1. The minimum Gasteiger partial charge on any atom is -0.438 e. The molecule has 0 saturated carbocycles. The van der Waals surface area contributed by atoms with Gasteiger partial charge in [-0.15, -0.1) is 11.3 Å². The summed E-state index contributed by atoms with van der Waals surface area (Å²) in [5, 5.41) is 4.28. The second kappa shape index (κ2) is 6.28. The Bertz CT molecular complexity index is 979. The van der Waals surface area contributed by atoms with E-state index in [0.29, 0.717) is 5.69 Å². The zero-order valence-corrected chi connectivity index (χ0v) is 15.6. The molecule has 0 aliphatic carbocycles. The number of hydrogen-bond donors (Lipinski definition) is 2. The van der Waals surface area contributed by atoms with Crippen LogP contribution >= 0.6 is 11.3 Å².